The van der Waals surface area contributed by atoms with E-state index in [1.165, 1.54) is 26.3 Å². The SMILES string of the molecule is CC(=O)NCCSOO[O-].CCCCN1C=CN(CC)C1. The zero-order chi connectivity index (χ0) is 15.9. The minimum Gasteiger partial charge on any atom is -0.691 e. The Balaban J connectivity index is 0.000000384. The van der Waals surface area contributed by atoms with Gasteiger partial charge in [-0.3, -0.25) is 9.83 Å². The van der Waals surface area contributed by atoms with Crippen molar-refractivity contribution in [3.05, 3.63) is 12.4 Å². The van der Waals surface area contributed by atoms with E-state index in [9.17, 15) is 10.1 Å². The molecule has 0 aromatic heterocycles. The molecule has 0 saturated heterocycles. The second-order valence-electron chi connectivity index (χ2n) is 4.45. The van der Waals surface area contributed by atoms with Crippen LogP contribution in [0.2, 0.25) is 0 Å². The van der Waals surface area contributed by atoms with Crippen molar-refractivity contribution in [2.45, 2.75) is 33.6 Å². The standard InChI is InChI=1S/C9H18N2.C4H9NO4S/c1-3-5-6-11-8-7-10(4-2)9-11;1-4(6)5-2-3-10-9-8-7/h7-8H,3-6,9H2,1-2H3;7H,2-3H2,1H3,(H,5,6)/p-1. The van der Waals surface area contributed by atoms with Gasteiger partial charge in [-0.1, -0.05) is 13.3 Å². The second-order valence-corrected chi connectivity index (χ2v) is 5.23. The van der Waals surface area contributed by atoms with Crippen LogP contribution < -0.4 is 10.6 Å². The summed E-state index contributed by atoms with van der Waals surface area (Å²) in [7, 11) is 0. The molecule has 0 aromatic carbocycles. The van der Waals surface area contributed by atoms with Crippen LogP contribution >= 0.6 is 12.0 Å². The molecule has 0 unspecified atom stereocenters. The maximum absolute atomic E-state index is 10.2. The van der Waals surface area contributed by atoms with E-state index < -0.39 is 0 Å². The number of rotatable bonds is 9. The first-order valence-corrected chi connectivity index (χ1v) is 8.04. The van der Waals surface area contributed by atoms with Gasteiger partial charge < -0.3 is 20.4 Å². The predicted octanol–water partition coefficient (Wildman–Crippen LogP) is 0.847. The molecular weight excluding hydrogens is 294 g/mol. The normalized spacial score (nSPS) is 13.1. The van der Waals surface area contributed by atoms with Crippen molar-refractivity contribution in [3.63, 3.8) is 0 Å². The predicted molar refractivity (Wildman–Crippen MR) is 81.3 cm³/mol. The Morgan fingerprint density at radius 1 is 1.38 bits per heavy atom. The molecule has 0 saturated carbocycles. The highest BCUT2D eigenvalue weighted by atomic mass is 32.2. The minimum atomic E-state index is -0.108. The summed E-state index contributed by atoms with van der Waals surface area (Å²) in [6, 6.07) is 0. The van der Waals surface area contributed by atoms with Crippen LogP contribution in [0.25, 0.3) is 0 Å². The number of nitrogens with one attached hydrogen (secondary N) is 1. The largest absolute Gasteiger partial charge is 0.691 e. The third kappa shape index (κ3) is 12.5. The summed E-state index contributed by atoms with van der Waals surface area (Å²) in [5.74, 6) is 0.380. The molecule has 1 N–H and O–H groups in total. The molecule has 0 atom stereocenters. The van der Waals surface area contributed by atoms with Gasteiger partial charge in [0.2, 0.25) is 5.91 Å². The molecule has 7 nitrogen and oxygen atoms in total. The molecule has 1 heterocycles. The Bertz CT molecular complexity index is 293. The molecule has 124 valence electrons. The molecule has 8 heteroatoms. The summed E-state index contributed by atoms with van der Waals surface area (Å²) in [5.41, 5.74) is 0. The van der Waals surface area contributed by atoms with Gasteiger partial charge in [0.05, 0.1) is 6.67 Å². The lowest BCUT2D eigenvalue weighted by atomic mass is 10.3. The van der Waals surface area contributed by atoms with E-state index >= 15 is 0 Å². The number of carbonyl (C=O) groups excluding carboxylic acids is 1. The summed E-state index contributed by atoms with van der Waals surface area (Å²) in [6.45, 7) is 9.73. The number of amides is 1. The van der Waals surface area contributed by atoms with E-state index in [1.54, 1.807) is 0 Å². The van der Waals surface area contributed by atoms with Crippen LogP contribution in [0.5, 0.6) is 0 Å². The van der Waals surface area contributed by atoms with Crippen molar-refractivity contribution in [2.75, 3.05) is 32.1 Å². The van der Waals surface area contributed by atoms with Crippen LogP contribution in [-0.4, -0.2) is 47.8 Å². The van der Waals surface area contributed by atoms with Crippen molar-refractivity contribution in [1.29, 1.82) is 0 Å². The highest BCUT2D eigenvalue weighted by Crippen LogP contribution is 2.06. The van der Waals surface area contributed by atoms with Gasteiger partial charge in [0.15, 0.2) is 0 Å². The van der Waals surface area contributed by atoms with Crippen molar-refractivity contribution in [2.24, 2.45) is 0 Å². The van der Waals surface area contributed by atoms with Gasteiger partial charge in [0, 0.05) is 56.8 Å². The molecule has 1 amide bonds. The van der Waals surface area contributed by atoms with Crippen molar-refractivity contribution in [1.82, 2.24) is 15.1 Å². The fraction of sp³-hybridized carbons (Fsp3) is 0.769. The third-order valence-corrected chi connectivity index (χ3v) is 3.21. The Labute approximate surface area is 131 Å². The lowest BCUT2D eigenvalue weighted by Gasteiger charge is -2.19. The maximum atomic E-state index is 10.2. The van der Waals surface area contributed by atoms with E-state index in [2.05, 4.69) is 50.7 Å². The first-order chi connectivity index (χ1) is 10.1. The summed E-state index contributed by atoms with van der Waals surface area (Å²) in [6.07, 6.45) is 6.97. The van der Waals surface area contributed by atoms with E-state index in [0.29, 0.717) is 12.3 Å². The van der Waals surface area contributed by atoms with Crippen LogP contribution in [0, 0.1) is 0 Å². The van der Waals surface area contributed by atoms with Crippen LogP contribution in [0.1, 0.15) is 33.6 Å². The number of unbranched alkanes of at least 4 members (excludes halogenated alkanes) is 1. The molecule has 0 aromatic rings. The van der Waals surface area contributed by atoms with Crippen LogP contribution in [-0.2, 0) is 14.2 Å². The average Bonchev–Trinajstić information content (AvgIpc) is 2.93. The van der Waals surface area contributed by atoms with Crippen molar-refractivity contribution < 1.29 is 19.4 Å². The Morgan fingerprint density at radius 3 is 2.62 bits per heavy atom. The zero-order valence-electron chi connectivity index (χ0n) is 13.0. The van der Waals surface area contributed by atoms with Gasteiger partial charge in [0.25, 0.3) is 0 Å². The monoisotopic (exact) mass is 320 g/mol. The second kappa shape index (κ2) is 14.0. The molecule has 1 aliphatic rings. The van der Waals surface area contributed by atoms with Crippen molar-refractivity contribution in [3.8, 4) is 0 Å². The van der Waals surface area contributed by atoms with Gasteiger partial charge >= 0.3 is 0 Å². The zero-order valence-corrected chi connectivity index (χ0v) is 13.9. The molecular formula is C13H26N3O4S-. The summed E-state index contributed by atoms with van der Waals surface area (Å²) >= 11 is 0.846. The average molecular weight is 320 g/mol. The molecule has 21 heavy (non-hydrogen) atoms. The van der Waals surface area contributed by atoms with Gasteiger partial charge in [-0.15, -0.1) is 0 Å². The minimum absolute atomic E-state index is 0.108. The van der Waals surface area contributed by atoms with Gasteiger partial charge in [-0.25, -0.2) is 0 Å². The van der Waals surface area contributed by atoms with Crippen LogP contribution in [0.3, 0.4) is 0 Å². The van der Waals surface area contributed by atoms with Gasteiger partial charge in [-0.2, -0.15) is 4.33 Å². The van der Waals surface area contributed by atoms with Gasteiger partial charge in [0.1, 0.15) is 0 Å². The van der Waals surface area contributed by atoms with Gasteiger partial charge in [-0.05, 0) is 13.3 Å². The summed E-state index contributed by atoms with van der Waals surface area (Å²) < 4.78 is 3.93. The lowest BCUT2D eigenvalue weighted by molar-refractivity contribution is -0.777. The topological polar surface area (TPSA) is 77.1 Å². The molecule has 0 fully saturated rings. The fourth-order valence-corrected chi connectivity index (χ4v) is 1.84. The highest BCUT2D eigenvalue weighted by molar-refractivity contribution is 7.94. The van der Waals surface area contributed by atoms with Crippen molar-refractivity contribution >= 4 is 17.9 Å². The van der Waals surface area contributed by atoms with E-state index in [0.717, 1.165) is 25.3 Å². The molecule has 0 bridgehead atoms. The van der Waals surface area contributed by atoms with Crippen LogP contribution in [0.15, 0.2) is 12.4 Å². The first kappa shape index (κ1) is 20.0. The Kier molecular flexibility index (Phi) is 13.4. The number of hydrogen-bond donors (Lipinski definition) is 1. The molecule has 1 aliphatic heterocycles. The molecule has 0 spiro atoms. The fourth-order valence-electron chi connectivity index (χ4n) is 1.55. The van der Waals surface area contributed by atoms with E-state index in [1.807, 2.05) is 0 Å². The molecule has 1 rings (SSSR count). The number of carbonyl (C=O) groups is 1. The number of hydrogen-bond acceptors (Lipinski definition) is 7. The molecule has 0 aliphatic carbocycles. The number of nitrogens with zero attached hydrogens (tertiary/aromatic N) is 2. The van der Waals surface area contributed by atoms with E-state index in [4.69, 9.17) is 0 Å². The maximum Gasteiger partial charge on any atom is 0.216 e. The summed E-state index contributed by atoms with van der Waals surface area (Å²) in [5, 5.41) is 14.8. The third-order valence-electron chi connectivity index (χ3n) is 2.69. The Morgan fingerprint density at radius 2 is 2.10 bits per heavy atom. The Hall–Kier alpha value is -0.960. The van der Waals surface area contributed by atoms with Crippen LogP contribution in [0.4, 0.5) is 0 Å². The summed E-state index contributed by atoms with van der Waals surface area (Å²) in [4.78, 5) is 14.9. The van der Waals surface area contributed by atoms with E-state index in [-0.39, 0.29) is 5.91 Å². The molecule has 0 radical (unpaired) electrons. The smallest absolute Gasteiger partial charge is 0.216 e. The lowest BCUT2D eigenvalue weighted by Crippen LogP contribution is -2.25. The first-order valence-electron chi connectivity index (χ1n) is 7.13. The highest BCUT2D eigenvalue weighted by Gasteiger charge is 2.08. The quantitative estimate of drug-likeness (QED) is 0.292.